The number of hydrogen-bond donors (Lipinski definition) is 0. The van der Waals surface area contributed by atoms with Crippen molar-refractivity contribution in [3.8, 4) is 0 Å². The first-order valence-electron chi connectivity index (χ1n) is 9.22. The number of Topliss-reactive ketones (excluding diaryl/α,β-unsaturated/α-hetero) is 2. The van der Waals surface area contributed by atoms with Crippen molar-refractivity contribution >= 4 is 23.5 Å². The minimum Gasteiger partial charge on any atom is -0.461 e. The van der Waals surface area contributed by atoms with Gasteiger partial charge in [-0.3, -0.25) is 19.2 Å². The molecule has 0 aromatic carbocycles. The Labute approximate surface area is 154 Å². The first-order valence-corrected chi connectivity index (χ1v) is 9.22. The smallest absolute Gasteiger partial charge is 0.313 e. The zero-order valence-electron chi connectivity index (χ0n) is 15.2. The summed E-state index contributed by atoms with van der Waals surface area (Å²) < 4.78 is 9.98. The van der Waals surface area contributed by atoms with Gasteiger partial charge in [0.2, 0.25) is 0 Å². The van der Waals surface area contributed by atoms with Crippen LogP contribution in [0.25, 0.3) is 0 Å². The molecular weight excluding hydrogens is 336 g/mol. The summed E-state index contributed by atoms with van der Waals surface area (Å²) in [7, 11) is 0. The van der Waals surface area contributed by atoms with E-state index in [1.165, 1.54) is 0 Å². The van der Waals surface area contributed by atoms with Crippen LogP contribution in [0.4, 0.5) is 0 Å². The fourth-order valence-corrected chi connectivity index (χ4v) is 2.42. The summed E-state index contributed by atoms with van der Waals surface area (Å²) in [4.78, 5) is 46.4. The van der Waals surface area contributed by atoms with Crippen LogP contribution in [-0.2, 0) is 28.7 Å². The topological polar surface area (TPSA) is 86.7 Å². The molecule has 0 atom stereocenters. The van der Waals surface area contributed by atoms with Crippen LogP contribution in [0.3, 0.4) is 0 Å². The maximum atomic E-state index is 11.7. The Hall–Kier alpha value is -2.24. The second kappa shape index (κ2) is 14.0. The Morgan fingerprint density at radius 2 is 1.00 bits per heavy atom. The molecule has 0 bridgehead atoms. The fourth-order valence-electron chi connectivity index (χ4n) is 2.42. The van der Waals surface area contributed by atoms with Crippen LogP contribution in [0.15, 0.2) is 24.3 Å². The highest BCUT2D eigenvalue weighted by Gasteiger charge is 2.11. The van der Waals surface area contributed by atoms with Gasteiger partial charge in [0.05, 0.1) is 0 Å². The second-order valence-electron chi connectivity index (χ2n) is 6.23. The molecule has 0 radical (unpaired) electrons. The average molecular weight is 364 g/mol. The molecule has 0 spiro atoms. The Morgan fingerprint density at radius 3 is 1.42 bits per heavy atom. The molecule has 6 nitrogen and oxygen atoms in total. The van der Waals surface area contributed by atoms with Crippen molar-refractivity contribution < 1.29 is 28.7 Å². The number of esters is 2. The van der Waals surface area contributed by atoms with Gasteiger partial charge in [0, 0.05) is 12.8 Å². The van der Waals surface area contributed by atoms with Crippen LogP contribution in [0.2, 0.25) is 0 Å². The molecule has 0 unspecified atom stereocenters. The number of ketones is 2. The van der Waals surface area contributed by atoms with Crippen LogP contribution in [0, 0.1) is 0 Å². The zero-order chi connectivity index (χ0) is 19.0. The standard InChI is InChI=1S/C20H28O6/c21-17-11-7-3-1-5-9-13-25-19(23)16-18(22)12-8-4-2-6-10-14-26-20(24)15-17/h5-6,9-10H,1-4,7-8,11-16H2/b9-5+,10-6+. The molecule has 0 saturated carbocycles. The Morgan fingerprint density at radius 1 is 0.577 bits per heavy atom. The van der Waals surface area contributed by atoms with Crippen molar-refractivity contribution in [2.45, 2.75) is 64.2 Å². The van der Waals surface area contributed by atoms with Gasteiger partial charge in [-0.1, -0.05) is 24.3 Å². The SMILES string of the molecule is O=C1CCCC/C=C/COC(=O)CC(=O)CCCC/C=C/COC(=O)C1. The molecule has 144 valence electrons. The summed E-state index contributed by atoms with van der Waals surface area (Å²) in [5.74, 6) is -1.20. The largest absolute Gasteiger partial charge is 0.461 e. The number of ether oxygens (including phenoxy) is 2. The molecule has 26 heavy (non-hydrogen) atoms. The monoisotopic (exact) mass is 364 g/mol. The molecule has 1 heterocycles. The summed E-state index contributed by atoms with van der Waals surface area (Å²) in [6.07, 6.45) is 12.1. The van der Waals surface area contributed by atoms with Crippen molar-refractivity contribution in [3.63, 3.8) is 0 Å². The number of carbonyl (C=O) groups excluding carboxylic acids is 4. The third-order valence-corrected chi connectivity index (χ3v) is 3.85. The average Bonchev–Trinajstić information content (AvgIpc) is 2.58. The molecule has 0 aliphatic carbocycles. The molecule has 0 aromatic heterocycles. The lowest BCUT2D eigenvalue weighted by Crippen LogP contribution is -2.11. The highest BCUT2D eigenvalue weighted by Crippen LogP contribution is 2.06. The van der Waals surface area contributed by atoms with Crippen LogP contribution >= 0.6 is 0 Å². The van der Waals surface area contributed by atoms with E-state index in [4.69, 9.17) is 9.47 Å². The van der Waals surface area contributed by atoms with Crippen molar-refractivity contribution in [3.05, 3.63) is 24.3 Å². The normalized spacial score (nSPS) is 23.1. The minimum absolute atomic E-state index is 0.108. The number of allylic oxidation sites excluding steroid dienone is 2. The van der Waals surface area contributed by atoms with E-state index in [2.05, 4.69) is 0 Å². The second-order valence-corrected chi connectivity index (χ2v) is 6.23. The van der Waals surface area contributed by atoms with E-state index >= 15 is 0 Å². The van der Waals surface area contributed by atoms with Gasteiger partial charge in [0.15, 0.2) is 0 Å². The van der Waals surface area contributed by atoms with Gasteiger partial charge in [-0.05, 0) is 38.5 Å². The van der Waals surface area contributed by atoms with Gasteiger partial charge >= 0.3 is 11.9 Å². The van der Waals surface area contributed by atoms with E-state index in [1.54, 1.807) is 12.2 Å². The molecule has 6 heteroatoms. The molecule has 0 N–H and O–H groups in total. The first-order chi connectivity index (χ1) is 12.6. The molecule has 1 rings (SSSR count). The molecular formula is C20H28O6. The summed E-state index contributed by atoms with van der Waals surface area (Å²) >= 11 is 0. The van der Waals surface area contributed by atoms with Crippen LogP contribution in [0.1, 0.15) is 64.2 Å². The quantitative estimate of drug-likeness (QED) is 0.373. The van der Waals surface area contributed by atoms with E-state index < -0.39 is 11.9 Å². The first kappa shape index (κ1) is 21.8. The van der Waals surface area contributed by atoms with Gasteiger partial charge in [-0.25, -0.2) is 0 Å². The van der Waals surface area contributed by atoms with Gasteiger partial charge in [-0.15, -0.1) is 0 Å². The Balaban J connectivity index is 2.43. The maximum absolute atomic E-state index is 11.7. The Bertz CT molecular complexity index is 484. The summed E-state index contributed by atoms with van der Waals surface area (Å²) in [5, 5.41) is 0. The predicted molar refractivity (Wildman–Crippen MR) is 96.4 cm³/mol. The third kappa shape index (κ3) is 12.2. The van der Waals surface area contributed by atoms with Crippen molar-refractivity contribution in [1.82, 2.24) is 0 Å². The number of cyclic esters (lactones) is 2. The van der Waals surface area contributed by atoms with E-state index in [9.17, 15) is 19.2 Å². The van der Waals surface area contributed by atoms with E-state index in [-0.39, 0.29) is 37.6 Å². The molecule has 0 amide bonds. The van der Waals surface area contributed by atoms with E-state index in [1.807, 2.05) is 12.2 Å². The van der Waals surface area contributed by atoms with Crippen LogP contribution in [0.5, 0.6) is 0 Å². The molecule has 0 aromatic rings. The number of hydrogen-bond acceptors (Lipinski definition) is 6. The zero-order valence-corrected chi connectivity index (χ0v) is 15.2. The van der Waals surface area contributed by atoms with E-state index in [0.29, 0.717) is 25.7 Å². The minimum atomic E-state index is -0.492. The maximum Gasteiger partial charge on any atom is 0.313 e. The lowest BCUT2D eigenvalue weighted by atomic mass is 10.1. The van der Waals surface area contributed by atoms with E-state index in [0.717, 1.165) is 25.7 Å². The van der Waals surface area contributed by atoms with Crippen LogP contribution in [-0.4, -0.2) is 36.7 Å². The van der Waals surface area contributed by atoms with Gasteiger partial charge < -0.3 is 9.47 Å². The van der Waals surface area contributed by atoms with Crippen molar-refractivity contribution in [1.29, 1.82) is 0 Å². The number of carbonyl (C=O) groups is 4. The molecule has 0 saturated heterocycles. The lowest BCUT2D eigenvalue weighted by molar-refractivity contribution is -0.146. The fraction of sp³-hybridized carbons (Fsp3) is 0.600. The third-order valence-electron chi connectivity index (χ3n) is 3.85. The highest BCUT2D eigenvalue weighted by atomic mass is 16.5. The predicted octanol–water partition coefficient (Wildman–Crippen LogP) is 3.24. The lowest BCUT2D eigenvalue weighted by Gasteiger charge is -2.03. The number of rotatable bonds is 0. The van der Waals surface area contributed by atoms with Gasteiger partial charge in [-0.2, -0.15) is 0 Å². The molecule has 1 aliphatic heterocycles. The summed E-state index contributed by atoms with van der Waals surface area (Å²) in [5.41, 5.74) is 0. The van der Waals surface area contributed by atoms with Crippen molar-refractivity contribution in [2.24, 2.45) is 0 Å². The van der Waals surface area contributed by atoms with Gasteiger partial charge in [0.1, 0.15) is 37.6 Å². The van der Waals surface area contributed by atoms with Gasteiger partial charge in [0.25, 0.3) is 0 Å². The summed E-state index contributed by atoms with van der Waals surface area (Å²) in [6, 6.07) is 0. The summed E-state index contributed by atoms with van der Waals surface area (Å²) in [6.45, 7) is 0.309. The van der Waals surface area contributed by atoms with Crippen molar-refractivity contribution in [2.75, 3.05) is 13.2 Å². The Kier molecular flexibility index (Phi) is 11.7. The molecule has 0 fully saturated rings. The highest BCUT2D eigenvalue weighted by molar-refractivity contribution is 5.96. The molecule has 1 aliphatic rings. The van der Waals surface area contributed by atoms with Crippen LogP contribution < -0.4 is 0 Å².